The topological polar surface area (TPSA) is 73.0 Å². The highest BCUT2D eigenvalue weighted by atomic mass is 16.3. The minimum absolute atomic E-state index is 0.176. The SMILES string of the molecule is OCC(CO)/N=C/c1ccc(O)cc1. The van der Waals surface area contributed by atoms with E-state index in [4.69, 9.17) is 15.3 Å². The van der Waals surface area contributed by atoms with E-state index in [0.717, 1.165) is 5.56 Å². The molecule has 0 aliphatic rings. The molecule has 76 valence electrons. The van der Waals surface area contributed by atoms with Crippen molar-refractivity contribution in [3.8, 4) is 5.75 Å². The molecule has 3 N–H and O–H groups in total. The van der Waals surface area contributed by atoms with E-state index in [2.05, 4.69) is 4.99 Å². The Labute approximate surface area is 82.2 Å². The molecule has 4 heteroatoms. The molecule has 0 heterocycles. The van der Waals surface area contributed by atoms with Gasteiger partial charge in [0.05, 0.1) is 19.3 Å². The van der Waals surface area contributed by atoms with Crippen LogP contribution in [0.25, 0.3) is 0 Å². The Hall–Kier alpha value is -1.39. The zero-order valence-corrected chi connectivity index (χ0v) is 7.67. The van der Waals surface area contributed by atoms with Crippen molar-refractivity contribution < 1.29 is 15.3 Å². The number of aliphatic imine (C=N–C) groups is 1. The van der Waals surface area contributed by atoms with E-state index >= 15 is 0 Å². The number of rotatable bonds is 4. The predicted octanol–water partition coefficient (Wildman–Crippen LogP) is 0.164. The van der Waals surface area contributed by atoms with Gasteiger partial charge in [-0.1, -0.05) is 0 Å². The minimum atomic E-state index is -0.469. The van der Waals surface area contributed by atoms with Gasteiger partial charge in [0.2, 0.25) is 0 Å². The van der Waals surface area contributed by atoms with Crippen LogP contribution in [0, 0.1) is 0 Å². The number of aliphatic hydroxyl groups is 2. The van der Waals surface area contributed by atoms with Gasteiger partial charge in [-0.25, -0.2) is 0 Å². The van der Waals surface area contributed by atoms with Crippen LogP contribution in [0.3, 0.4) is 0 Å². The number of aliphatic hydroxyl groups excluding tert-OH is 2. The van der Waals surface area contributed by atoms with E-state index in [1.165, 1.54) is 0 Å². The molecule has 1 aromatic rings. The third-order valence-corrected chi connectivity index (χ3v) is 1.75. The fourth-order valence-corrected chi connectivity index (χ4v) is 0.904. The molecule has 0 saturated carbocycles. The van der Waals surface area contributed by atoms with Gasteiger partial charge in [0.1, 0.15) is 5.75 Å². The average Bonchev–Trinajstić information content (AvgIpc) is 2.22. The van der Waals surface area contributed by atoms with E-state index in [-0.39, 0.29) is 19.0 Å². The quantitative estimate of drug-likeness (QED) is 0.599. The van der Waals surface area contributed by atoms with Gasteiger partial charge in [0.25, 0.3) is 0 Å². The highest BCUT2D eigenvalue weighted by Gasteiger charge is 2.00. The molecule has 14 heavy (non-hydrogen) atoms. The van der Waals surface area contributed by atoms with Crippen molar-refractivity contribution in [2.75, 3.05) is 13.2 Å². The summed E-state index contributed by atoms with van der Waals surface area (Å²) in [4.78, 5) is 3.95. The van der Waals surface area contributed by atoms with Gasteiger partial charge < -0.3 is 15.3 Å². The predicted molar refractivity (Wildman–Crippen MR) is 53.7 cm³/mol. The van der Waals surface area contributed by atoms with Crippen LogP contribution in [0.2, 0.25) is 0 Å². The van der Waals surface area contributed by atoms with Crippen molar-refractivity contribution in [1.82, 2.24) is 0 Å². The molecule has 0 radical (unpaired) electrons. The Morgan fingerprint density at radius 1 is 1.14 bits per heavy atom. The summed E-state index contributed by atoms with van der Waals surface area (Å²) in [5.74, 6) is 0.197. The molecule has 0 atom stereocenters. The second kappa shape index (κ2) is 5.36. The lowest BCUT2D eigenvalue weighted by molar-refractivity contribution is 0.195. The summed E-state index contributed by atoms with van der Waals surface area (Å²) in [5, 5.41) is 26.5. The van der Waals surface area contributed by atoms with Crippen molar-refractivity contribution >= 4 is 6.21 Å². The molecule has 1 rings (SSSR count). The number of phenolic OH excluding ortho intramolecular Hbond substituents is 1. The molecule has 0 aliphatic heterocycles. The first-order valence-corrected chi connectivity index (χ1v) is 4.30. The van der Waals surface area contributed by atoms with Crippen LogP contribution in [-0.2, 0) is 0 Å². The maximum Gasteiger partial charge on any atom is 0.115 e. The molecule has 4 nitrogen and oxygen atoms in total. The molecule has 0 aliphatic carbocycles. The second-order valence-corrected chi connectivity index (χ2v) is 2.89. The number of aromatic hydroxyl groups is 1. The summed E-state index contributed by atoms with van der Waals surface area (Å²) in [6, 6.07) is 6.03. The maximum absolute atomic E-state index is 9.00. The van der Waals surface area contributed by atoms with Gasteiger partial charge >= 0.3 is 0 Å². The fourth-order valence-electron chi connectivity index (χ4n) is 0.904. The number of nitrogens with zero attached hydrogens (tertiary/aromatic N) is 1. The van der Waals surface area contributed by atoms with Gasteiger partial charge in [-0.2, -0.15) is 0 Å². The first-order valence-electron chi connectivity index (χ1n) is 4.30. The van der Waals surface area contributed by atoms with Crippen LogP contribution in [0.15, 0.2) is 29.3 Å². The summed E-state index contributed by atoms with van der Waals surface area (Å²) in [5.41, 5.74) is 0.815. The molecule has 1 aromatic carbocycles. The average molecular weight is 195 g/mol. The van der Waals surface area contributed by atoms with Crippen LogP contribution in [0.1, 0.15) is 5.56 Å². The molecule has 0 aromatic heterocycles. The van der Waals surface area contributed by atoms with E-state index < -0.39 is 6.04 Å². The second-order valence-electron chi connectivity index (χ2n) is 2.89. The van der Waals surface area contributed by atoms with E-state index in [1.807, 2.05) is 0 Å². The van der Waals surface area contributed by atoms with Crippen molar-refractivity contribution in [1.29, 1.82) is 0 Å². The molecule has 0 fully saturated rings. The summed E-state index contributed by atoms with van der Waals surface area (Å²) in [6.07, 6.45) is 1.55. The van der Waals surface area contributed by atoms with Crippen molar-refractivity contribution in [3.63, 3.8) is 0 Å². The van der Waals surface area contributed by atoms with Crippen LogP contribution < -0.4 is 0 Å². The Balaban J connectivity index is 2.63. The van der Waals surface area contributed by atoms with Crippen LogP contribution in [0.5, 0.6) is 5.75 Å². The van der Waals surface area contributed by atoms with E-state index in [1.54, 1.807) is 30.5 Å². The third-order valence-electron chi connectivity index (χ3n) is 1.75. The lowest BCUT2D eigenvalue weighted by atomic mass is 10.2. The smallest absolute Gasteiger partial charge is 0.115 e. The number of hydrogen-bond acceptors (Lipinski definition) is 4. The Bertz CT molecular complexity index is 291. The van der Waals surface area contributed by atoms with Crippen LogP contribution >= 0.6 is 0 Å². The lowest BCUT2D eigenvalue weighted by Gasteiger charge is -2.03. The zero-order valence-electron chi connectivity index (χ0n) is 7.67. The van der Waals surface area contributed by atoms with Crippen molar-refractivity contribution in [2.24, 2.45) is 4.99 Å². The van der Waals surface area contributed by atoms with Gasteiger partial charge in [0.15, 0.2) is 0 Å². The monoisotopic (exact) mass is 195 g/mol. The fraction of sp³-hybridized carbons (Fsp3) is 0.300. The maximum atomic E-state index is 9.00. The molecular weight excluding hydrogens is 182 g/mol. The molecular formula is C10H13NO3. The third kappa shape index (κ3) is 3.16. The van der Waals surface area contributed by atoms with Crippen molar-refractivity contribution in [2.45, 2.75) is 6.04 Å². The van der Waals surface area contributed by atoms with Crippen molar-refractivity contribution in [3.05, 3.63) is 29.8 Å². The minimum Gasteiger partial charge on any atom is -0.508 e. The van der Waals surface area contributed by atoms with E-state index in [0.29, 0.717) is 0 Å². The summed E-state index contributed by atoms with van der Waals surface area (Å²) < 4.78 is 0. The highest BCUT2D eigenvalue weighted by Crippen LogP contribution is 2.07. The van der Waals surface area contributed by atoms with Crippen LogP contribution in [-0.4, -0.2) is 40.8 Å². The number of benzene rings is 1. The first kappa shape index (κ1) is 10.7. The molecule has 0 spiro atoms. The van der Waals surface area contributed by atoms with Gasteiger partial charge in [-0.15, -0.1) is 0 Å². The molecule has 0 saturated heterocycles. The Morgan fingerprint density at radius 2 is 1.71 bits per heavy atom. The van der Waals surface area contributed by atoms with E-state index in [9.17, 15) is 0 Å². The summed E-state index contributed by atoms with van der Waals surface area (Å²) in [7, 11) is 0. The van der Waals surface area contributed by atoms with Gasteiger partial charge in [-0.3, -0.25) is 4.99 Å². The first-order chi connectivity index (χ1) is 6.76. The standard InChI is InChI=1S/C10H13NO3/c12-6-9(7-13)11-5-8-1-3-10(14)4-2-8/h1-5,9,12-14H,6-7H2/b11-5+. The highest BCUT2D eigenvalue weighted by molar-refractivity contribution is 5.79. The lowest BCUT2D eigenvalue weighted by Crippen LogP contribution is -2.15. The molecule has 0 bridgehead atoms. The Kier molecular flexibility index (Phi) is 4.10. The zero-order chi connectivity index (χ0) is 10.4. The van der Waals surface area contributed by atoms with Crippen LogP contribution in [0.4, 0.5) is 0 Å². The summed E-state index contributed by atoms with van der Waals surface area (Å²) in [6.45, 7) is -0.351. The molecule has 0 amide bonds. The largest absolute Gasteiger partial charge is 0.508 e. The van der Waals surface area contributed by atoms with Gasteiger partial charge in [0, 0.05) is 6.21 Å². The molecule has 0 unspecified atom stereocenters. The number of hydrogen-bond donors (Lipinski definition) is 3. The normalized spacial score (nSPS) is 11.4. The van der Waals surface area contributed by atoms with Gasteiger partial charge in [-0.05, 0) is 29.8 Å². The summed E-state index contributed by atoms with van der Waals surface area (Å²) >= 11 is 0. The Morgan fingerprint density at radius 3 is 2.21 bits per heavy atom. The number of phenols is 1.